The minimum Gasteiger partial charge on any atom is -0.207 e. The van der Waals surface area contributed by atoms with Crippen molar-refractivity contribution >= 4 is 10.0 Å². The molecule has 2 aromatic carbocycles. The first-order valence-electron chi connectivity index (χ1n) is 7.89. The normalized spacial score (nSPS) is 13.8. The summed E-state index contributed by atoms with van der Waals surface area (Å²) in [7, 11) is -3.67. The highest BCUT2D eigenvalue weighted by Crippen LogP contribution is 2.27. The maximum Gasteiger partial charge on any atom is 0.241 e. The molecular formula is C19H24FNO2S. The van der Waals surface area contributed by atoms with Crippen LogP contribution in [0, 0.1) is 12.7 Å². The third-order valence-corrected chi connectivity index (χ3v) is 5.73. The smallest absolute Gasteiger partial charge is 0.207 e. The number of nitrogens with one attached hydrogen (secondary N) is 1. The molecule has 1 N–H and O–H groups in total. The van der Waals surface area contributed by atoms with Gasteiger partial charge in [0.15, 0.2) is 0 Å². The van der Waals surface area contributed by atoms with E-state index in [1.165, 1.54) is 12.1 Å². The minimum atomic E-state index is -3.67. The average molecular weight is 349 g/mol. The van der Waals surface area contributed by atoms with Gasteiger partial charge in [0.05, 0.1) is 4.90 Å². The molecule has 130 valence electrons. The van der Waals surface area contributed by atoms with Crippen LogP contribution in [-0.4, -0.2) is 8.42 Å². The number of aryl methyl sites for hydroxylation is 1. The molecule has 0 amide bonds. The Morgan fingerprint density at radius 3 is 2.17 bits per heavy atom. The van der Waals surface area contributed by atoms with Gasteiger partial charge in [-0.3, -0.25) is 0 Å². The zero-order valence-electron chi connectivity index (χ0n) is 14.7. The van der Waals surface area contributed by atoms with Crippen molar-refractivity contribution in [1.29, 1.82) is 0 Å². The number of rotatable bonds is 4. The van der Waals surface area contributed by atoms with Crippen molar-refractivity contribution in [1.82, 2.24) is 4.72 Å². The second kappa shape index (κ2) is 6.65. The highest BCUT2D eigenvalue weighted by molar-refractivity contribution is 7.89. The number of halogens is 1. The molecule has 1 atom stereocenters. The Balaban J connectivity index is 2.35. The minimum absolute atomic E-state index is 0.138. The van der Waals surface area contributed by atoms with Crippen LogP contribution in [0.25, 0.3) is 0 Å². The Labute approximate surface area is 144 Å². The summed E-state index contributed by atoms with van der Waals surface area (Å²) < 4.78 is 41.3. The van der Waals surface area contributed by atoms with Gasteiger partial charge in [0.2, 0.25) is 10.0 Å². The van der Waals surface area contributed by atoms with Crippen molar-refractivity contribution in [3.8, 4) is 0 Å². The first kappa shape index (κ1) is 18.6. The van der Waals surface area contributed by atoms with Crippen LogP contribution in [0.3, 0.4) is 0 Å². The van der Waals surface area contributed by atoms with E-state index in [1.807, 2.05) is 32.9 Å². The molecule has 0 radical (unpaired) electrons. The second-order valence-corrected chi connectivity index (χ2v) is 8.81. The van der Waals surface area contributed by atoms with Gasteiger partial charge in [0.1, 0.15) is 5.82 Å². The standard InChI is InChI=1S/C19H24FNO2S/c1-13-6-9-16(19(3,4)5)12-18(13)24(22,23)21-14(2)15-7-10-17(20)11-8-15/h6-12,14,21H,1-5H3/t14-/m1/s1. The van der Waals surface area contributed by atoms with E-state index in [2.05, 4.69) is 4.72 Å². The summed E-state index contributed by atoms with van der Waals surface area (Å²) in [6.45, 7) is 9.66. The summed E-state index contributed by atoms with van der Waals surface area (Å²) in [5.41, 5.74) is 2.23. The molecule has 2 rings (SSSR count). The van der Waals surface area contributed by atoms with Crippen molar-refractivity contribution in [2.75, 3.05) is 0 Å². The van der Waals surface area contributed by atoms with Crippen molar-refractivity contribution in [3.63, 3.8) is 0 Å². The van der Waals surface area contributed by atoms with Gasteiger partial charge in [0.25, 0.3) is 0 Å². The third kappa shape index (κ3) is 4.22. The molecular weight excluding hydrogens is 325 g/mol. The van der Waals surface area contributed by atoms with E-state index in [4.69, 9.17) is 0 Å². The summed E-state index contributed by atoms with van der Waals surface area (Å²) in [6.07, 6.45) is 0. The molecule has 0 saturated carbocycles. The van der Waals surface area contributed by atoms with E-state index in [9.17, 15) is 12.8 Å². The van der Waals surface area contributed by atoms with Gasteiger partial charge >= 0.3 is 0 Å². The van der Waals surface area contributed by atoms with Crippen LogP contribution in [0.1, 0.15) is 50.4 Å². The second-order valence-electron chi connectivity index (χ2n) is 7.12. The zero-order chi connectivity index (χ0) is 18.1. The van der Waals surface area contributed by atoms with Crippen molar-refractivity contribution in [2.24, 2.45) is 0 Å². The Bertz CT molecular complexity index is 821. The lowest BCUT2D eigenvalue weighted by Crippen LogP contribution is -2.28. The summed E-state index contributed by atoms with van der Waals surface area (Å²) in [5, 5.41) is 0. The largest absolute Gasteiger partial charge is 0.241 e. The molecule has 3 nitrogen and oxygen atoms in total. The Hall–Kier alpha value is -1.72. The fourth-order valence-corrected chi connectivity index (χ4v) is 3.97. The lowest BCUT2D eigenvalue weighted by Gasteiger charge is -2.22. The summed E-state index contributed by atoms with van der Waals surface area (Å²) in [5.74, 6) is -0.345. The zero-order valence-corrected chi connectivity index (χ0v) is 15.5. The molecule has 0 aliphatic carbocycles. The molecule has 5 heteroatoms. The van der Waals surface area contributed by atoms with Crippen LogP contribution in [0.4, 0.5) is 4.39 Å². The van der Waals surface area contributed by atoms with Crippen LogP contribution >= 0.6 is 0 Å². The van der Waals surface area contributed by atoms with Gasteiger partial charge in [-0.2, -0.15) is 0 Å². The molecule has 0 bridgehead atoms. The summed E-state index contributed by atoms with van der Waals surface area (Å²) in [4.78, 5) is 0.281. The summed E-state index contributed by atoms with van der Waals surface area (Å²) >= 11 is 0. The Kier molecular flexibility index (Phi) is 5.16. The van der Waals surface area contributed by atoms with Crippen LogP contribution in [0.5, 0.6) is 0 Å². The van der Waals surface area contributed by atoms with Crippen LogP contribution in [0.15, 0.2) is 47.4 Å². The van der Waals surface area contributed by atoms with Crippen LogP contribution < -0.4 is 4.72 Å². The van der Waals surface area contributed by atoms with Gasteiger partial charge in [-0.05, 0) is 54.2 Å². The Morgan fingerprint density at radius 2 is 1.62 bits per heavy atom. The van der Waals surface area contributed by atoms with Gasteiger partial charge in [-0.25, -0.2) is 17.5 Å². The molecule has 0 fully saturated rings. The van der Waals surface area contributed by atoms with Gasteiger partial charge in [-0.1, -0.05) is 45.0 Å². The quantitative estimate of drug-likeness (QED) is 0.885. The van der Waals surface area contributed by atoms with Crippen LogP contribution in [-0.2, 0) is 15.4 Å². The number of benzene rings is 2. The highest BCUT2D eigenvalue weighted by Gasteiger charge is 2.23. The average Bonchev–Trinajstić information content (AvgIpc) is 2.46. The topological polar surface area (TPSA) is 46.2 Å². The molecule has 0 unspecified atom stereocenters. The number of hydrogen-bond acceptors (Lipinski definition) is 2. The highest BCUT2D eigenvalue weighted by atomic mass is 32.2. The fraction of sp³-hybridized carbons (Fsp3) is 0.368. The SMILES string of the molecule is Cc1ccc(C(C)(C)C)cc1S(=O)(=O)N[C@H](C)c1ccc(F)cc1. The van der Waals surface area contributed by atoms with E-state index < -0.39 is 16.1 Å². The maximum atomic E-state index is 13.0. The monoisotopic (exact) mass is 349 g/mol. The molecule has 0 aromatic heterocycles. The lowest BCUT2D eigenvalue weighted by atomic mass is 9.87. The molecule has 0 saturated heterocycles. The van der Waals surface area contributed by atoms with Crippen molar-refractivity contribution in [2.45, 2.75) is 51.0 Å². The first-order chi connectivity index (χ1) is 11.0. The molecule has 0 spiro atoms. The predicted octanol–water partition coefficient (Wildman–Crippen LogP) is 4.47. The third-order valence-electron chi connectivity index (χ3n) is 4.05. The maximum absolute atomic E-state index is 13.0. The number of sulfonamides is 1. The Morgan fingerprint density at radius 1 is 1.04 bits per heavy atom. The summed E-state index contributed by atoms with van der Waals surface area (Å²) in [6, 6.07) is 10.9. The lowest BCUT2D eigenvalue weighted by molar-refractivity contribution is 0.563. The van der Waals surface area contributed by atoms with Crippen LogP contribution in [0.2, 0.25) is 0 Å². The van der Waals surface area contributed by atoms with E-state index in [0.717, 1.165) is 5.56 Å². The van der Waals surface area contributed by atoms with E-state index in [-0.39, 0.29) is 16.1 Å². The number of hydrogen-bond donors (Lipinski definition) is 1. The molecule has 2 aromatic rings. The first-order valence-corrected chi connectivity index (χ1v) is 9.38. The fourth-order valence-electron chi connectivity index (χ4n) is 2.47. The predicted molar refractivity (Wildman–Crippen MR) is 95.0 cm³/mol. The van der Waals surface area contributed by atoms with E-state index in [1.54, 1.807) is 32.0 Å². The van der Waals surface area contributed by atoms with Gasteiger partial charge in [0, 0.05) is 6.04 Å². The van der Waals surface area contributed by atoms with E-state index in [0.29, 0.717) is 11.1 Å². The van der Waals surface area contributed by atoms with Gasteiger partial charge < -0.3 is 0 Å². The van der Waals surface area contributed by atoms with Crippen molar-refractivity contribution in [3.05, 3.63) is 65.0 Å². The molecule has 0 aliphatic rings. The van der Waals surface area contributed by atoms with Crippen molar-refractivity contribution < 1.29 is 12.8 Å². The van der Waals surface area contributed by atoms with Gasteiger partial charge in [-0.15, -0.1) is 0 Å². The molecule has 0 heterocycles. The molecule has 24 heavy (non-hydrogen) atoms. The molecule has 0 aliphatic heterocycles. The van der Waals surface area contributed by atoms with E-state index >= 15 is 0 Å².